The minimum absolute atomic E-state index is 0.143. The van der Waals surface area contributed by atoms with E-state index < -0.39 is 23.7 Å². The van der Waals surface area contributed by atoms with E-state index in [1.165, 1.54) is 12.1 Å². The molecule has 1 fully saturated rings. The molecule has 44 heavy (non-hydrogen) atoms. The van der Waals surface area contributed by atoms with Crippen molar-refractivity contribution in [2.45, 2.75) is 24.7 Å². The summed E-state index contributed by atoms with van der Waals surface area (Å²) < 4.78 is 40.4. The van der Waals surface area contributed by atoms with E-state index in [4.69, 9.17) is 0 Å². The van der Waals surface area contributed by atoms with Crippen LogP contribution >= 0.6 is 0 Å². The van der Waals surface area contributed by atoms with E-state index in [9.17, 15) is 22.8 Å². The van der Waals surface area contributed by atoms with Crippen LogP contribution < -0.4 is 10.2 Å². The Morgan fingerprint density at radius 1 is 0.909 bits per heavy atom. The van der Waals surface area contributed by atoms with Gasteiger partial charge in [-0.25, -0.2) is 0 Å². The molecule has 2 atom stereocenters. The number of piperazine rings is 1. The quantitative estimate of drug-likeness (QED) is 0.296. The van der Waals surface area contributed by atoms with E-state index in [-0.39, 0.29) is 18.4 Å². The zero-order chi connectivity index (χ0) is 30.8. The summed E-state index contributed by atoms with van der Waals surface area (Å²) in [5.41, 5.74) is 2.93. The molecule has 1 aromatic heterocycles. The van der Waals surface area contributed by atoms with Gasteiger partial charge in [0.1, 0.15) is 0 Å². The average molecular weight is 600 g/mol. The molecule has 4 aromatic rings. The normalized spacial score (nSPS) is 19.0. The maximum Gasteiger partial charge on any atom is 0.416 e. The largest absolute Gasteiger partial charge is 0.416 e. The highest BCUT2D eigenvalue weighted by atomic mass is 19.4. The van der Waals surface area contributed by atoms with Gasteiger partial charge in [0.05, 0.1) is 17.5 Å². The summed E-state index contributed by atoms with van der Waals surface area (Å²) >= 11 is 0. The van der Waals surface area contributed by atoms with Gasteiger partial charge in [-0.3, -0.25) is 14.6 Å². The van der Waals surface area contributed by atoms with Crippen molar-refractivity contribution in [3.05, 3.63) is 125 Å². The molecule has 3 aromatic carbocycles. The van der Waals surface area contributed by atoms with Crippen molar-refractivity contribution in [3.8, 4) is 0 Å². The SMILES string of the molecule is CN1CCN(c2cccc(NC(=O)[C@@H]3c4ccccc4C(=O)N(Cc4ccncc4)C3c3ccc(C(F)(F)F)cc3)c2)CC1. The van der Waals surface area contributed by atoms with Crippen LogP contribution in [0.4, 0.5) is 24.5 Å². The van der Waals surface area contributed by atoms with E-state index in [2.05, 4.69) is 27.1 Å². The molecule has 0 bridgehead atoms. The van der Waals surface area contributed by atoms with Gasteiger partial charge in [-0.2, -0.15) is 13.2 Å². The first-order valence-electron chi connectivity index (χ1n) is 14.5. The monoisotopic (exact) mass is 599 g/mol. The minimum atomic E-state index is -4.52. The predicted molar refractivity (Wildman–Crippen MR) is 162 cm³/mol. The van der Waals surface area contributed by atoms with Gasteiger partial charge in [0.25, 0.3) is 5.91 Å². The number of hydrogen-bond acceptors (Lipinski definition) is 5. The molecule has 0 spiro atoms. The molecule has 10 heteroatoms. The highest BCUT2D eigenvalue weighted by Crippen LogP contribution is 2.44. The summed E-state index contributed by atoms with van der Waals surface area (Å²) in [4.78, 5) is 38.5. The zero-order valence-corrected chi connectivity index (χ0v) is 24.2. The number of nitrogens with one attached hydrogen (secondary N) is 1. The molecule has 7 nitrogen and oxygen atoms in total. The standard InChI is InChI=1S/C34H32F3N5O2/c1-40-17-19-41(20-18-40)27-6-4-5-26(21-27)39-32(43)30-28-7-2-3-8-29(28)33(44)42(22-23-13-15-38-16-14-23)31(30)24-9-11-25(12-10-24)34(35,36)37/h2-16,21,30-31H,17-20,22H2,1H3,(H,39,43)/t30-,31?/m1/s1. The summed E-state index contributed by atoms with van der Waals surface area (Å²) in [6.45, 7) is 3.75. The fraction of sp³-hybridized carbons (Fsp3) is 0.265. The maximum absolute atomic E-state index is 14.3. The number of halogens is 3. The summed E-state index contributed by atoms with van der Waals surface area (Å²) in [6.07, 6.45) is -1.29. The van der Waals surface area contributed by atoms with Crippen LogP contribution in [-0.4, -0.2) is 59.8 Å². The van der Waals surface area contributed by atoms with Crippen LogP contribution in [0, 0.1) is 0 Å². The number of amides is 2. The molecule has 0 aliphatic carbocycles. The number of likely N-dealkylation sites (N-methyl/N-ethyl adjacent to an activating group) is 1. The summed E-state index contributed by atoms with van der Waals surface area (Å²) in [5, 5.41) is 3.07. The Bertz CT molecular complexity index is 1640. The molecule has 1 N–H and O–H groups in total. The van der Waals surface area contributed by atoms with Gasteiger partial charge in [0, 0.05) is 62.1 Å². The number of aromatic nitrogens is 1. The molecule has 0 saturated carbocycles. The van der Waals surface area contributed by atoms with Crippen LogP contribution in [-0.2, 0) is 17.5 Å². The van der Waals surface area contributed by atoms with Crippen molar-refractivity contribution in [1.82, 2.24) is 14.8 Å². The van der Waals surface area contributed by atoms with Crippen molar-refractivity contribution in [2.75, 3.05) is 43.4 Å². The molecule has 3 heterocycles. The Morgan fingerprint density at radius 2 is 1.61 bits per heavy atom. The van der Waals surface area contributed by atoms with E-state index in [0.29, 0.717) is 22.4 Å². The second-order valence-corrected chi connectivity index (χ2v) is 11.2. The Labute approximate surface area is 253 Å². The number of carbonyl (C=O) groups is 2. The summed E-state index contributed by atoms with van der Waals surface area (Å²) in [7, 11) is 2.09. The van der Waals surface area contributed by atoms with E-state index in [1.807, 2.05) is 24.3 Å². The fourth-order valence-corrected chi connectivity index (χ4v) is 6.04. The Morgan fingerprint density at radius 3 is 2.32 bits per heavy atom. The van der Waals surface area contributed by atoms with Crippen molar-refractivity contribution in [3.63, 3.8) is 0 Å². The van der Waals surface area contributed by atoms with Gasteiger partial charge in [-0.15, -0.1) is 0 Å². The highest BCUT2D eigenvalue weighted by molar-refractivity contribution is 6.04. The molecule has 226 valence electrons. The topological polar surface area (TPSA) is 68.8 Å². The molecule has 0 radical (unpaired) electrons. The lowest BCUT2D eigenvalue weighted by atomic mass is 9.78. The fourth-order valence-electron chi connectivity index (χ4n) is 6.04. The molecule has 6 rings (SSSR count). The first-order chi connectivity index (χ1) is 21.2. The van der Waals surface area contributed by atoms with Crippen molar-refractivity contribution >= 4 is 23.2 Å². The van der Waals surface area contributed by atoms with E-state index in [0.717, 1.165) is 49.6 Å². The first kappa shape index (κ1) is 29.4. The Hall–Kier alpha value is -4.70. The van der Waals surface area contributed by atoms with Gasteiger partial charge in [0.15, 0.2) is 0 Å². The van der Waals surface area contributed by atoms with Crippen molar-refractivity contribution in [2.24, 2.45) is 0 Å². The second kappa shape index (κ2) is 12.1. The molecular weight excluding hydrogens is 567 g/mol. The predicted octanol–water partition coefficient (Wildman–Crippen LogP) is 5.97. The molecular formula is C34H32F3N5O2. The smallest absolute Gasteiger partial charge is 0.369 e. The number of nitrogens with zero attached hydrogens (tertiary/aromatic N) is 4. The lowest BCUT2D eigenvalue weighted by molar-refractivity contribution is -0.137. The molecule has 2 amide bonds. The Kier molecular flexibility index (Phi) is 8.09. The first-order valence-corrected chi connectivity index (χ1v) is 14.5. The van der Waals surface area contributed by atoms with Crippen LogP contribution in [0.2, 0.25) is 0 Å². The van der Waals surface area contributed by atoms with E-state index in [1.54, 1.807) is 53.7 Å². The van der Waals surface area contributed by atoms with Gasteiger partial charge in [-0.1, -0.05) is 36.4 Å². The van der Waals surface area contributed by atoms with Crippen molar-refractivity contribution < 1.29 is 22.8 Å². The second-order valence-electron chi connectivity index (χ2n) is 11.2. The van der Waals surface area contributed by atoms with Crippen LogP contribution in [0.3, 0.4) is 0 Å². The van der Waals surface area contributed by atoms with Gasteiger partial charge >= 0.3 is 6.18 Å². The minimum Gasteiger partial charge on any atom is -0.369 e. The third-order valence-corrected chi connectivity index (χ3v) is 8.39. The number of benzene rings is 3. The number of carbonyl (C=O) groups excluding carboxylic acids is 2. The van der Waals surface area contributed by atoms with Gasteiger partial charge in [0.2, 0.25) is 5.91 Å². The van der Waals surface area contributed by atoms with Crippen LogP contribution in [0.15, 0.2) is 97.3 Å². The number of anilines is 2. The van der Waals surface area contributed by atoms with Crippen LogP contribution in [0.25, 0.3) is 0 Å². The summed E-state index contributed by atoms with van der Waals surface area (Å²) in [5.74, 6) is -1.55. The lowest BCUT2D eigenvalue weighted by Gasteiger charge is -2.42. The molecule has 1 unspecified atom stereocenters. The van der Waals surface area contributed by atoms with E-state index >= 15 is 0 Å². The number of hydrogen-bond donors (Lipinski definition) is 1. The third-order valence-electron chi connectivity index (χ3n) is 8.39. The molecule has 2 aliphatic heterocycles. The summed E-state index contributed by atoms with van der Waals surface area (Å²) in [6, 6.07) is 22.0. The number of fused-ring (bicyclic) bond motifs is 1. The van der Waals surface area contributed by atoms with Gasteiger partial charge < -0.3 is 20.0 Å². The molecule has 2 aliphatic rings. The molecule has 1 saturated heterocycles. The Balaban J connectivity index is 1.40. The number of pyridine rings is 1. The number of rotatable bonds is 6. The van der Waals surface area contributed by atoms with Gasteiger partial charge in [-0.05, 0) is 72.3 Å². The zero-order valence-electron chi connectivity index (χ0n) is 24.2. The highest BCUT2D eigenvalue weighted by Gasteiger charge is 2.44. The van der Waals surface area contributed by atoms with Crippen LogP contribution in [0.5, 0.6) is 0 Å². The maximum atomic E-state index is 14.3. The van der Waals surface area contributed by atoms with Crippen LogP contribution in [0.1, 0.15) is 44.6 Å². The number of alkyl halides is 3. The van der Waals surface area contributed by atoms with Crippen molar-refractivity contribution in [1.29, 1.82) is 0 Å². The lowest BCUT2D eigenvalue weighted by Crippen LogP contribution is -2.45. The third kappa shape index (κ3) is 6.03. The average Bonchev–Trinajstić information content (AvgIpc) is 3.03.